The van der Waals surface area contributed by atoms with Crippen molar-refractivity contribution in [2.24, 2.45) is 4.99 Å². The van der Waals surface area contributed by atoms with Crippen LogP contribution in [0.3, 0.4) is 0 Å². The fraction of sp³-hybridized carbons (Fsp3) is 0.133. The van der Waals surface area contributed by atoms with E-state index in [1.807, 2.05) is 35.0 Å². The van der Waals surface area contributed by atoms with E-state index >= 15 is 0 Å². The van der Waals surface area contributed by atoms with Crippen molar-refractivity contribution in [3.63, 3.8) is 0 Å². The summed E-state index contributed by atoms with van der Waals surface area (Å²) in [6.45, 7) is 0.595. The van der Waals surface area contributed by atoms with Gasteiger partial charge in [-0.3, -0.25) is 4.99 Å². The van der Waals surface area contributed by atoms with Crippen molar-refractivity contribution < 1.29 is 0 Å². The maximum absolute atomic E-state index is 6.27. The molecule has 2 aromatic heterocycles. The van der Waals surface area contributed by atoms with Crippen LogP contribution in [0, 0.1) is 0 Å². The second-order valence-corrected chi connectivity index (χ2v) is 5.46. The first-order valence-corrected chi connectivity index (χ1v) is 7.37. The van der Waals surface area contributed by atoms with Crippen LogP contribution in [0.25, 0.3) is 11.4 Å². The number of halogens is 2. The monoisotopic (exact) mass is 333 g/mol. The molecule has 0 aliphatic rings. The molecule has 3 aromatic rings. The number of benzene rings is 1. The van der Waals surface area contributed by atoms with Gasteiger partial charge in [0.15, 0.2) is 0 Å². The van der Waals surface area contributed by atoms with Crippen LogP contribution in [0.2, 0.25) is 10.0 Å². The summed E-state index contributed by atoms with van der Waals surface area (Å²) in [6, 6.07) is 9.54. The summed E-state index contributed by atoms with van der Waals surface area (Å²) in [7, 11) is 1.70. The molecular formula is C15H13Cl2N5. The van der Waals surface area contributed by atoms with Gasteiger partial charge in [0.2, 0.25) is 0 Å². The summed E-state index contributed by atoms with van der Waals surface area (Å²) in [5.41, 5.74) is 3.31. The zero-order valence-corrected chi connectivity index (χ0v) is 13.3. The van der Waals surface area contributed by atoms with Gasteiger partial charge in [0.05, 0.1) is 22.0 Å². The van der Waals surface area contributed by atoms with Crippen molar-refractivity contribution in [1.82, 2.24) is 20.0 Å². The van der Waals surface area contributed by atoms with Gasteiger partial charge < -0.3 is 4.57 Å². The Morgan fingerprint density at radius 2 is 2.09 bits per heavy atom. The van der Waals surface area contributed by atoms with Crippen LogP contribution in [0.1, 0.15) is 11.3 Å². The Morgan fingerprint density at radius 3 is 2.91 bits per heavy atom. The molecule has 22 heavy (non-hydrogen) atoms. The first-order chi connectivity index (χ1) is 10.7. The molecule has 0 aliphatic carbocycles. The summed E-state index contributed by atoms with van der Waals surface area (Å²) >= 11 is 12.3. The number of nitrogens with one attached hydrogen (secondary N) is 1. The SMILES string of the molecule is CN=Cc1n[nH]nc1-c1cccn1Cc1cccc(Cl)c1Cl. The van der Waals surface area contributed by atoms with Gasteiger partial charge in [-0.2, -0.15) is 15.4 Å². The van der Waals surface area contributed by atoms with Gasteiger partial charge in [-0.1, -0.05) is 35.3 Å². The van der Waals surface area contributed by atoms with Crippen LogP contribution in [-0.4, -0.2) is 33.2 Å². The Morgan fingerprint density at radius 1 is 1.23 bits per heavy atom. The quantitative estimate of drug-likeness (QED) is 0.740. The molecule has 5 nitrogen and oxygen atoms in total. The molecule has 0 fully saturated rings. The lowest BCUT2D eigenvalue weighted by Crippen LogP contribution is -2.02. The predicted octanol–water partition coefficient (Wildman–Crippen LogP) is 3.68. The lowest BCUT2D eigenvalue weighted by Gasteiger charge is -2.10. The van der Waals surface area contributed by atoms with Crippen molar-refractivity contribution in [3.8, 4) is 11.4 Å². The number of H-pyrrole nitrogens is 1. The first kappa shape index (κ1) is 14.8. The molecule has 1 aromatic carbocycles. The van der Waals surface area contributed by atoms with Crippen LogP contribution in [-0.2, 0) is 6.54 Å². The molecule has 0 atom stereocenters. The standard InChI is InChI=1S/C15H13Cl2N5/c1-18-8-12-15(20-21-19-12)13-6-3-7-22(13)9-10-4-2-5-11(16)14(10)17/h2-8H,9H2,1H3,(H,19,20,21). The Kier molecular flexibility index (Phi) is 4.27. The van der Waals surface area contributed by atoms with Crippen LogP contribution in [0.4, 0.5) is 0 Å². The van der Waals surface area contributed by atoms with Crippen molar-refractivity contribution in [3.05, 3.63) is 57.8 Å². The highest BCUT2D eigenvalue weighted by molar-refractivity contribution is 6.42. The summed E-state index contributed by atoms with van der Waals surface area (Å²) in [6.07, 6.45) is 3.64. The molecule has 0 radical (unpaired) electrons. The fourth-order valence-corrected chi connectivity index (χ4v) is 2.64. The molecule has 0 bridgehead atoms. The van der Waals surface area contributed by atoms with E-state index in [1.54, 1.807) is 19.3 Å². The first-order valence-electron chi connectivity index (χ1n) is 6.62. The van der Waals surface area contributed by atoms with Crippen molar-refractivity contribution >= 4 is 29.4 Å². The number of hydrogen-bond acceptors (Lipinski definition) is 3. The number of nitrogens with zero attached hydrogens (tertiary/aromatic N) is 4. The van der Waals surface area contributed by atoms with E-state index in [1.165, 1.54) is 0 Å². The number of rotatable bonds is 4. The second-order valence-electron chi connectivity index (χ2n) is 4.68. The Balaban J connectivity index is 1.99. The highest BCUT2D eigenvalue weighted by atomic mass is 35.5. The van der Waals surface area contributed by atoms with Crippen molar-refractivity contribution in [1.29, 1.82) is 0 Å². The molecule has 0 saturated carbocycles. The van der Waals surface area contributed by atoms with Crippen molar-refractivity contribution in [2.45, 2.75) is 6.54 Å². The van der Waals surface area contributed by atoms with Gasteiger partial charge in [-0.25, -0.2) is 0 Å². The molecule has 3 rings (SSSR count). The topological polar surface area (TPSA) is 58.9 Å². The van der Waals surface area contributed by atoms with Gasteiger partial charge in [0.1, 0.15) is 11.4 Å². The number of aromatic nitrogens is 4. The molecule has 7 heteroatoms. The molecule has 0 aliphatic heterocycles. The third-order valence-corrected chi connectivity index (χ3v) is 4.13. The third-order valence-electron chi connectivity index (χ3n) is 3.27. The summed E-state index contributed by atoms with van der Waals surface area (Å²) < 4.78 is 2.04. The molecule has 2 heterocycles. The van der Waals surface area contributed by atoms with E-state index in [2.05, 4.69) is 20.4 Å². The smallest absolute Gasteiger partial charge is 0.138 e. The van der Waals surface area contributed by atoms with Crippen LogP contribution < -0.4 is 0 Å². The maximum Gasteiger partial charge on any atom is 0.138 e. The number of hydrogen-bond donors (Lipinski definition) is 1. The van der Waals surface area contributed by atoms with E-state index in [-0.39, 0.29) is 0 Å². The van der Waals surface area contributed by atoms with E-state index in [9.17, 15) is 0 Å². The average molecular weight is 334 g/mol. The lowest BCUT2D eigenvalue weighted by molar-refractivity contribution is 0.810. The Labute approximate surface area is 137 Å². The fourth-order valence-electron chi connectivity index (χ4n) is 2.26. The number of aromatic amines is 1. The van der Waals surface area contributed by atoms with Gasteiger partial charge in [-0.15, -0.1) is 0 Å². The predicted molar refractivity (Wildman–Crippen MR) is 88.9 cm³/mol. The largest absolute Gasteiger partial charge is 0.342 e. The van der Waals surface area contributed by atoms with Gasteiger partial charge >= 0.3 is 0 Å². The van der Waals surface area contributed by atoms with E-state index in [4.69, 9.17) is 23.2 Å². The zero-order chi connectivity index (χ0) is 15.5. The molecule has 1 N–H and O–H groups in total. The molecule has 0 unspecified atom stereocenters. The van der Waals surface area contributed by atoms with Gasteiger partial charge in [0, 0.05) is 19.8 Å². The Bertz CT molecular complexity index is 819. The third kappa shape index (κ3) is 2.77. The average Bonchev–Trinajstić information content (AvgIpc) is 3.13. The highest BCUT2D eigenvalue weighted by Crippen LogP contribution is 2.28. The van der Waals surface area contributed by atoms with Crippen LogP contribution in [0.5, 0.6) is 0 Å². The van der Waals surface area contributed by atoms with Crippen molar-refractivity contribution in [2.75, 3.05) is 7.05 Å². The number of aliphatic imine (C=N–C) groups is 1. The maximum atomic E-state index is 6.27. The van der Waals surface area contributed by atoms with Crippen LogP contribution >= 0.6 is 23.2 Å². The molecular weight excluding hydrogens is 321 g/mol. The molecule has 0 spiro atoms. The second kappa shape index (κ2) is 6.34. The van der Waals surface area contributed by atoms with E-state index in [0.29, 0.717) is 22.3 Å². The lowest BCUT2D eigenvalue weighted by atomic mass is 10.2. The van der Waals surface area contributed by atoms with E-state index < -0.39 is 0 Å². The van der Waals surface area contributed by atoms with Gasteiger partial charge in [0.25, 0.3) is 0 Å². The minimum atomic E-state index is 0.549. The highest BCUT2D eigenvalue weighted by Gasteiger charge is 2.14. The molecule has 112 valence electrons. The Hall–Kier alpha value is -2.11. The van der Waals surface area contributed by atoms with Gasteiger partial charge in [-0.05, 0) is 23.8 Å². The molecule has 0 saturated heterocycles. The summed E-state index contributed by atoms with van der Waals surface area (Å²) in [5, 5.41) is 12.1. The normalized spacial score (nSPS) is 11.4. The summed E-state index contributed by atoms with van der Waals surface area (Å²) in [4.78, 5) is 3.99. The van der Waals surface area contributed by atoms with Crippen LogP contribution in [0.15, 0.2) is 41.5 Å². The zero-order valence-electron chi connectivity index (χ0n) is 11.8. The minimum absolute atomic E-state index is 0.549. The minimum Gasteiger partial charge on any atom is -0.342 e. The van der Waals surface area contributed by atoms with E-state index in [0.717, 1.165) is 17.0 Å². The summed E-state index contributed by atoms with van der Waals surface area (Å²) in [5.74, 6) is 0. The molecule has 0 amide bonds.